The number of anilines is 1. The summed E-state index contributed by atoms with van der Waals surface area (Å²) in [6.45, 7) is 2.89. The van der Waals surface area contributed by atoms with Crippen LogP contribution in [0.5, 0.6) is 5.75 Å². The van der Waals surface area contributed by atoms with Crippen molar-refractivity contribution in [3.63, 3.8) is 0 Å². The Hall–Kier alpha value is -0.930. The summed E-state index contributed by atoms with van der Waals surface area (Å²) in [6, 6.07) is 5.80. The van der Waals surface area contributed by atoms with Crippen LogP contribution in [0.15, 0.2) is 18.2 Å². The molecule has 0 heterocycles. The van der Waals surface area contributed by atoms with Gasteiger partial charge in [0.1, 0.15) is 5.75 Å². The SMILES string of the molecule is COc1ccc(Cl)cc1N(C)CCC(C)N. The van der Waals surface area contributed by atoms with Crippen LogP contribution in [0.1, 0.15) is 13.3 Å². The quantitative estimate of drug-likeness (QED) is 0.863. The number of hydrogen-bond donors (Lipinski definition) is 1. The smallest absolute Gasteiger partial charge is 0.142 e. The summed E-state index contributed by atoms with van der Waals surface area (Å²) < 4.78 is 5.30. The molecule has 0 aliphatic heterocycles. The molecule has 0 amide bonds. The Labute approximate surface area is 102 Å². The number of hydrogen-bond acceptors (Lipinski definition) is 3. The Bertz CT molecular complexity index is 342. The summed E-state index contributed by atoms with van der Waals surface area (Å²) in [4.78, 5) is 2.11. The van der Waals surface area contributed by atoms with Crippen molar-refractivity contribution in [1.29, 1.82) is 0 Å². The van der Waals surface area contributed by atoms with Crippen molar-refractivity contribution in [2.24, 2.45) is 5.73 Å². The second-order valence-electron chi connectivity index (χ2n) is 4.00. The van der Waals surface area contributed by atoms with Gasteiger partial charge in [-0.05, 0) is 31.5 Å². The van der Waals surface area contributed by atoms with E-state index in [0.29, 0.717) is 5.02 Å². The first-order valence-corrected chi connectivity index (χ1v) is 5.72. The molecule has 3 nitrogen and oxygen atoms in total. The molecule has 0 aliphatic rings. The Balaban J connectivity index is 2.80. The van der Waals surface area contributed by atoms with Crippen molar-refractivity contribution in [2.45, 2.75) is 19.4 Å². The van der Waals surface area contributed by atoms with E-state index >= 15 is 0 Å². The van der Waals surface area contributed by atoms with Gasteiger partial charge in [-0.1, -0.05) is 11.6 Å². The maximum atomic E-state index is 5.97. The molecule has 16 heavy (non-hydrogen) atoms. The molecule has 2 N–H and O–H groups in total. The topological polar surface area (TPSA) is 38.5 Å². The number of ether oxygens (including phenoxy) is 1. The van der Waals surface area contributed by atoms with E-state index in [1.165, 1.54) is 0 Å². The van der Waals surface area contributed by atoms with Gasteiger partial charge in [-0.25, -0.2) is 0 Å². The van der Waals surface area contributed by atoms with E-state index in [0.717, 1.165) is 24.4 Å². The van der Waals surface area contributed by atoms with E-state index in [4.69, 9.17) is 22.1 Å². The zero-order valence-corrected chi connectivity index (χ0v) is 10.8. The average Bonchev–Trinajstić information content (AvgIpc) is 2.25. The number of nitrogens with two attached hydrogens (primary N) is 1. The van der Waals surface area contributed by atoms with Crippen LogP contribution in [-0.4, -0.2) is 26.7 Å². The molecule has 4 heteroatoms. The summed E-state index contributed by atoms with van der Waals surface area (Å²) in [5.41, 5.74) is 6.73. The van der Waals surface area contributed by atoms with Gasteiger partial charge in [0.05, 0.1) is 12.8 Å². The first-order valence-electron chi connectivity index (χ1n) is 5.35. The lowest BCUT2D eigenvalue weighted by Crippen LogP contribution is -2.26. The first kappa shape index (κ1) is 13.1. The molecule has 0 aromatic heterocycles. The van der Waals surface area contributed by atoms with E-state index in [9.17, 15) is 0 Å². The van der Waals surface area contributed by atoms with Crippen LogP contribution in [0.25, 0.3) is 0 Å². The van der Waals surface area contributed by atoms with Gasteiger partial charge in [-0.3, -0.25) is 0 Å². The molecule has 1 unspecified atom stereocenters. The van der Waals surface area contributed by atoms with Crippen LogP contribution < -0.4 is 15.4 Å². The van der Waals surface area contributed by atoms with Gasteiger partial charge in [0.2, 0.25) is 0 Å². The fourth-order valence-electron chi connectivity index (χ4n) is 1.48. The largest absolute Gasteiger partial charge is 0.495 e. The van der Waals surface area contributed by atoms with Crippen LogP contribution in [0.4, 0.5) is 5.69 Å². The summed E-state index contributed by atoms with van der Waals surface area (Å²) in [6.07, 6.45) is 0.937. The Kier molecular flexibility index (Phi) is 4.90. The third-order valence-electron chi connectivity index (χ3n) is 2.47. The number of nitrogens with zero attached hydrogens (tertiary/aromatic N) is 1. The molecule has 1 aromatic carbocycles. The van der Waals surface area contributed by atoms with Gasteiger partial charge >= 0.3 is 0 Å². The maximum absolute atomic E-state index is 5.97. The van der Waals surface area contributed by atoms with Crippen molar-refractivity contribution in [2.75, 3.05) is 25.6 Å². The van der Waals surface area contributed by atoms with Gasteiger partial charge in [0, 0.05) is 24.7 Å². The fraction of sp³-hybridized carbons (Fsp3) is 0.500. The molecule has 0 radical (unpaired) electrons. The standard InChI is InChI=1S/C12H19ClN2O/c1-9(14)6-7-15(2)11-8-10(13)4-5-12(11)16-3/h4-5,8-9H,6-7,14H2,1-3H3. The maximum Gasteiger partial charge on any atom is 0.142 e. The van der Waals surface area contributed by atoms with E-state index < -0.39 is 0 Å². The zero-order valence-electron chi connectivity index (χ0n) is 10.0. The zero-order chi connectivity index (χ0) is 12.1. The van der Waals surface area contributed by atoms with Gasteiger partial charge < -0.3 is 15.4 Å². The van der Waals surface area contributed by atoms with Crippen LogP contribution in [0.2, 0.25) is 5.02 Å². The normalized spacial score (nSPS) is 12.3. The van der Waals surface area contributed by atoms with Crippen molar-refractivity contribution >= 4 is 17.3 Å². The summed E-state index contributed by atoms with van der Waals surface area (Å²) in [5.74, 6) is 0.830. The minimum Gasteiger partial charge on any atom is -0.495 e. The lowest BCUT2D eigenvalue weighted by molar-refractivity contribution is 0.414. The summed E-state index contributed by atoms with van der Waals surface area (Å²) >= 11 is 5.97. The van der Waals surface area contributed by atoms with Gasteiger partial charge in [-0.15, -0.1) is 0 Å². The van der Waals surface area contributed by atoms with Crippen LogP contribution in [0.3, 0.4) is 0 Å². The van der Waals surface area contributed by atoms with Crippen molar-refractivity contribution in [3.05, 3.63) is 23.2 Å². The van der Waals surface area contributed by atoms with Gasteiger partial charge in [0.15, 0.2) is 0 Å². The Morgan fingerprint density at radius 3 is 2.75 bits per heavy atom. The summed E-state index contributed by atoms with van der Waals surface area (Å²) in [7, 11) is 3.67. The second-order valence-corrected chi connectivity index (χ2v) is 4.44. The van der Waals surface area contributed by atoms with Crippen LogP contribution in [-0.2, 0) is 0 Å². The highest BCUT2D eigenvalue weighted by Crippen LogP contribution is 2.30. The molecule has 90 valence electrons. The molecule has 1 rings (SSSR count). The number of rotatable bonds is 5. The lowest BCUT2D eigenvalue weighted by Gasteiger charge is -2.22. The molecule has 0 bridgehead atoms. The van der Waals surface area contributed by atoms with E-state index in [2.05, 4.69) is 4.90 Å². The molecular formula is C12H19ClN2O. The third-order valence-corrected chi connectivity index (χ3v) is 2.71. The van der Waals surface area contributed by atoms with Crippen molar-refractivity contribution < 1.29 is 4.74 Å². The lowest BCUT2D eigenvalue weighted by atomic mass is 10.2. The monoisotopic (exact) mass is 242 g/mol. The highest BCUT2D eigenvalue weighted by molar-refractivity contribution is 6.30. The number of halogens is 1. The molecule has 0 saturated heterocycles. The number of methoxy groups -OCH3 is 1. The molecule has 0 aliphatic carbocycles. The Morgan fingerprint density at radius 1 is 1.50 bits per heavy atom. The van der Waals surface area contributed by atoms with Crippen molar-refractivity contribution in [1.82, 2.24) is 0 Å². The Morgan fingerprint density at radius 2 is 2.19 bits per heavy atom. The van der Waals surface area contributed by atoms with Gasteiger partial charge in [-0.2, -0.15) is 0 Å². The van der Waals surface area contributed by atoms with Gasteiger partial charge in [0.25, 0.3) is 0 Å². The predicted molar refractivity (Wildman–Crippen MR) is 69.5 cm³/mol. The molecular weight excluding hydrogens is 224 g/mol. The highest BCUT2D eigenvalue weighted by atomic mass is 35.5. The first-order chi connectivity index (χ1) is 7.54. The van der Waals surface area contributed by atoms with E-state index in [1.54, 1.807) is 7.11 Å². The summed E-state index contributed by atoms with van der Waals surface area (Å²) in [5, 5.41) is 0.712. The predicted octanol–water partition coefficient (Wildman–Crippen LogP) is 2.52. The average molecular weight is 243 g/mol. The minimum atomic E-state index is 0.202. The molecule has 0 fully saturated rings. The molecule has 0 saturated carbocycles. The van der Waals surface area contributed by atoms with Crippen molar-refractivity contribution in [3.8, 4) is 5.75 Å². The minimum absolute atomic E-state index is 0.202. The molecule has 1 aromatic rings. The third kappa shape index (κ3) is 3.58. The van der Waals surface area contributed by atoms with Crippen LogP contribution in [0, 0.1) is 0 Å². The highest BCUT2D eigenvalue weighted by Gasteiger charge is 2.09. The van der Waals surface area contributed by atoms with E-state index in [-0.39, 0.29) is 6.04 Å². The van der Waals surface area contributed by atoms with Crippen LogP contribution >= 0.6 is 11.6 Å². The molecule has 1 atom stereocenters. The fourth-order valence-corrected chi connectivity index (χ4v) is 1.65. The second kappa shape index (κ2) is 5.97. The molecule has 0 spiro atoms. The van der Waals surface area contributed by atoms with E-state index in [1.807, 2.05) is 32.2 Å². The number of benzene rings is 1.